The standard InChI is InChI=1S/C12H15N3O3.C7H6F2O/c1-7-2-3-10(18-7)12(17)15-8-4-5-14-9(6-8)11(13)16;1-10-6-4-2-3-5(8)7(6)9/h4-7,10H,2-3H2,1H3,(H2,13,16)(H,14,15,17);2-4H,1H3/t7?,10-;/m1./s1. The number of anilines is 1. The summed E-state index contributed by atoms with van der Waals surface area (Å²) in [4.78, 5) is 26.6. The Morgan fingerprint density at radius 3 is 2.61 bits per heavy atom. The molecule has 7 nitrogen and oxygen atoms in total. The summed E-state index contributed by atoms with van der Waals surface area (Å²) < 4.78 is 34.8. The van der Waals surface area contributed by atoms with Gasteiger partial charge in [0.2, 0.25) is 5.82 Å². The number of ether oxygens (including phenoxy) is 2. The lowest BCUT2D eigenvalue weighted by molar-refractivity contribution is -0.126. The molecule has 1 aromatic carbocycles. The molecular formula is C19H21F2N3O4. The van der Waals surface area contributed by atoms with Crippen LogP contribution in [-0.4, -0.2) is 36.1 Å². The number of aromatic nitrogens is 1. The van der Waals surface area contributed by atoms with Crippen LogP contribution in [0.5, 0.6) is 5.75 Å². The first kappa shape index (κ1) is 21.2. The van der Waals surface area contributed by atoms with E-state index < -0.39 is 23.6 Å². The van der Waals surface area contributed by atoms with E-state index in [1.807, 2.05) is 6.92 Å². The highest BCUT2D eigenvalue weighted by Gasteiger charge is 2.28. The van der Waals surface area contributed by atoms with Gasteiger partial charge in [-0.15, -0.1) is 0 Å². The van der Waals surface area contributed by atoms with Crippen LogP contribution >= 0.6 is 0 Å². The molecule has 2 amide bonds. The van der Waals surface area contributed by atoms with E-state index in [0.29, 0.717) is 12.1 Å². The van der Waals surface area contributed by atoms with Crippen molar-refractivity contribution in [3.05, 3.63) is 53.9 Å². The zero-order valence-electron chi connectivity index (χ0n) is 15.4. The summed E-state index contributed by atoms with van der Waals surface area (Å²) in [5.41, 5.74) is 5.73. The fourth-order valence-electron chi connectivity index (χ4n) is 2.50. The summed E-state index contributed by atoms with van der Waals surface area (Å²) in [7, 11) is 1.29. The van der Waals surface area contributed by atoms with Crippen LogP contribution in [0, 0.1) is 11.6 Å². The number of primary amides is 1. The maximum Gasteiger partial charge on any atom is 0.267 e. The average Bonchev–Trinajstić information content (AvgIpc) is 3.11. The smallest absolute Gasteiger partial charge is 0.267 e. The van der Waals surface area contributed by atoms with Gasteiger partial charge in [-0.2, -0.15) is 4.39 Å². The highest BCUT2D eigenvalue weighted by atomic mass is 19.2. The monoisotopic (exact) mass is 393 g/mol. The van der Waals surface area contributed by atoms with E-state index in [9.17, 15) is 18.4 Å². The Balaban J connectivity index is 0.000000237. The first-order valence-corrected chi connectivity index (χ1v) is 8.52. The van der Waals surface area contributed by atoms with E-state index in [-0.39, 0.29) is 23.5 Å². The minimum absolute atomic E-state index is 0.0694. The maximum absolute atomic E-state index is 12.5. The molecule has 1 aliphatic heterocycles. The van der Waals surface area contributed by atoms with Crippen molar-refractivity contribution in [1.82, 2.24) is 4.98 Å². The van der Waals surface area contributed by atoms with Gasteiger partial charge in [-0.05, 0) is 44.0 Å². The fraction of sp³-hybridized carbons (Fsp3) is 0.316. The zero-order valence-corrected chi connectivity index (χ0v) is 15.4. The van der Waals surface area contributed by atoms with E-state index in [1.165, 1.54) is 31.5 Å². The topological polar surface area (TPSA) is 104 Å². The molecule has 0 spiro atoms. The lowest BCUT2D eigenvalue weighted by Gasteiger charge is -2.11. The van der Waals surface area contributed by atoms with Crippen LogP contribution in [0.2, 0.25) is 0 Å². The number of amides is 2. The van der Waals surface area contributed by atoms with Crippen LogP contribution < -0.4 is 15.8 Å². The molecule has 3 rings (SSSR count). The second-order valence-corrected chi connectivity index (χ2v) is 6.05. The highest BCUT2D eigenvalue weighted by Crippen LogP contribution is 2.20. The number of halogens is 2. The second-order valence-electron chi connectivity index (χ2n) is 6.05. The third-order valence-electron chi connectivity index (χ3n) is 3.94. The van der Waals surface area contributed by atoms with Gasteiger partial charge < -0.3 is 20.5 Å². The van der Waals surface area contributed by atoms with Gasteiger partial charge in [0.15, 0.2) is 11.6 Å². The molecule has 1 aliphatic rings. The Kier molecular flexibility index (Phi) is 7.39. The second kappa shape index (κ2) is 9.75. The Bertz CT molecular complexity index is 848. The largest absolute Gasteiger partial charge is 0.494 e. The number of benzene rings is 1. The van der Waals surface area contributed by atoms with Crippen LogP contribution in [0.15, 0.2) is 36.5 Å². The van der Waals surface area contributed by atoms with Gasteiger partial charge >= 0.3 is 0 Å². The van der Waals surface area contributed by atoms with Gasteiger partial charge in [0.05, 0.1) is 13.2 Å². The summed E-state index contributed by atoms with van der Waals surface area (Å²) in [6.07, 6.45) is 2.69. The summed E-state index contributed by atoms with van der Waals surface area (Å²) >= 11 is 0. The summed E-state index contributed by atoms with van der Waals surface area (Å²) in [5, 5.41) is 2.69. The van der Waals surface area contributed by atoms with Crippen molar-refractivity contribution in [2.24, 2.45) is 5.73 Å². The summed E-state index contributed by atoms with van der Waals surface area (Å²) in [6, 6.07) is 6.83. The molecule has 150 valence electrons. The van der Waals surface area contributed by atoms with Crippen LogP contribution in [0.3, 0.4) is 0 Å². The van der Waals surface area contributed by atoms with Gasteiger partial charge in [-0.3, -0.25) is 14.6 Å². The number of methoxy groups -OCH3 is 1. The first-order chi connectivity index (χ1) is 13.3. The first-order valence-electron chi connectivity index (χ1n) is 8.52. The van der Waals surface area contributed by atoms with Crippen LogP contribution in [0.4, 0.5) is 14.5 Å². The van der Waals surface area contributed by atoms with E-state index in [4.69, 9.17) is 10.5 Å². The van der Waals surface area contributed by atoms with Crippen molar-refractivity contribution >= 4 is 17.5 Å². The minimum atomic E-state index is -0.940. The van der Waals surface area contributed by atoms with Gasteiger partial charge in [0.1, 0.15) is 11.8 Å². The van der Waals surface area contributed by atoms with Crippen molar-refractivity contribution in [1.29, 1.82) is 0 Å². The Morgan fingerprint density at radius 2 is 2.04 bits per heavy atom. The molecule has 2 heterocycles. The molecule has 1 fully saturated rings. The fourth-order valence-corrected chi connectivity index (χ4v) is 2.50. The average molecular weight is 393 g/mol. The maximum atomic E-state index is 12.5. The number of hydrogen-bond acceptors (Lipinski definition) is 5. The van der Waals surface area contributed by atoms with E-state index >= 15 is 0 Å². The lowest BCUT2D eigenvalue weighted by Crippen LogP contribution is -2.28. The molecule has 3 N–H and O–H groups in total. The number of nitrogens with zero attached hydrogens (tertiary/aromatic N) is 1. The number of hydrogen-bond donors (Lipinski definition) is 2. The molecule has 0 aliphatic carbocycles. The molecule has 0 saturated carbocycles. The van der Waals surface area contributed by atoms with Crippen molar-refractivity contribution < 1.29 is 27.8 Å². The van der Waals surface area contributed by atoms with Crippen molar-refractivity contribution in [2.45, 2.75) is 32.0 Å². The molecule has 0 radical (unpaired) electrons. The molecule has 9 heteroatoms. The summed E-state index contributed by atoms with van der Waals surface area (Å²) in [6.45, 7) is 1.94. The van der Waals surface area contributed by atoms with Crippen molar-refractivity contribution in [3.63, 3.8) is 0 Å². The molecule has 2 aromatic rings. The van der Waals surface area contributed by atoms with Crippen LogP contribution in [-0.2, 0) is 9.53 Å². The number of nitrogens with two attached hydrogens (primary N) is 1. The van der Waals surface area contributed by atoms with Gasteiger partial charge in [0, 0.05) is 11.9 Å². The predicted octanol–water partition coefficient (Wildman–Crippen LogP) is 2.66. The van der Waals surface area contributed by atoms with Crippen LogP contribution in [0.1, 0.15) is 30.3 Å². The summed E-state index contributed by atoms with van der Waals surface area (Å²) in [5.74, 6) is -2.73. The predicted molar refractivity (Wildman–Crippen MR) is 97.9 cm³/mol. The van der Waals surface area contributed by atoms with E-state index in [2.05, 4.69) is 15.0 Å². The van der Waals surface area contributed by atoms with Gasteiger partial charge in [-0.25, -0.2) is 4.39 Å². The van der Waals surface area contributed by atoms with Crippen LogP contribution in [0.25, 0.3) is 0 Å². The minimum Gasteiger partial charge on any atom is -0.494 e. The number of carbonyl (C=O) groups is 2. The van der Waals surface area contributed by atoms with Gasteiger partial charge in [0.25, 0.3) is 11.8 Å². The third kappa shape index (κ3) is 5.71. The third-order valence-corrected chi connectivity index (χ3v) is 3.94. The number of nitrogens with one attached hydrogen (secondary N) is 1. The van der Waals surface area contributed by atoms with Crippen molar-refractivity contribution in [2.75, 3.05) is 12.4 Å². The molecule has 1 saturated heterocycles. The lowest BCUT2D eigenvalue weighted by atomic mass is 10.2. The number of pyridine rings is 1. The molecule has 28 heavy (non-hydrogen) atoms. The normalized spacial score (nSPS) is 18.0. The molecule has 1 aromatic heterocycles. The number of carbonyl (C=O) groups excluding carboxylic acids is 2. The quantitative estimate of drug-likeness (QED) is 0.831. The highest BCUT2D eigenvalue weighted by molar-refractivity contribution is 5.96. The molecular weight excluding hydrogens is 372 g/mol. The Hall–Kier alpha value is -3.07. The van der Waals surface area contributed by atoms with Gasteiger partial charge in [-0.1, -0.05) is 6.07 Å². The Labute approximate surface area is 160 Å². The number of rotatable bonds is 4. The Morgan fingerprint density at radius 1 is 1.29 bits per heavy atom. The molecule has 0 bridgehead atoms. The SMILES string of the molecule is CC1CC[C@H](C(=O)Nc2ccnc(C(N)=O)c2)O1.COc1cccc(F)c1F. The van der Waals surface area contributed by atoms with E-state index in [1.54, 1.807) is 6.07 Å². The zero-order chi connectivity index (χ0) is 20.7. The molecule has 2 atom stereocenters. The van der Waals surface area contributed by atoms with E-state index in [0.717, 1.165) is 12.5 Å². The van der Waals surface area contributed by atoms with Crippen molar-refractivity contribution in [3.8, 4) is 5.75 Å². The molecule has 1 unspecified atom stereocenters.